The number of piperidine rings is 1. The average molecular weight is 242 g/mol. The third kappa shape index (κ3) is 3.96. The first-order valence-electron chi connectivity index (χ1n) is 6.72. The highest BCUT2D eigenvalue weighted by Gasteiger charge is 2.29. The number of ether oxygens (including phenoxy) is 1. The molecule has 0 spiro atoms. The number of nitrogens with two attached hydrogens (primary N) is 1. The molecular weight excluding hydrogens is 216 g/mol. The zero-order chi connectivity index (χ0) is 12.8. The molecule has 4 nitrogen and oxygen atoms in total. The molecule has 1 saturated heterocycles. The Morgan fingerprint density at radius 3 is 2.82 bits per heavy atom. The molecule has 1 heterocycles. The molecule has 100 valence electrons. The lowest BCUT2D eigenvalue weighted by molar-refractivity contribution is -0.148. The van der Waals surface area contributed by atoms with E-state index in [1.807, 2.05) is 13.8 Å². The summed E-state index contributed by atoms with van der Waals surface area (Å²) in [4.78, 5) is 14.0. The van der Waals surface area contributed by atoms with Crippen LogP contribution >= 0.6 is 0 Å². The second kappa shape index (κ2) is 6.97. The van der Waals surface area contributed by atoms with Crippen molar-refractivity contribution in [2.24, 2.45) is 11.7 Å². The molecule has 3 atom stereocenters. The molecule has 0 radical (unpaired) electrons. The van der Waals surface area contributed by atoms with Crippen LogP contribution in [0, 0.1) is 5.92 Å². The zero-order valence-corrected chi connectivity index (χ0v) is 11.3. The maximum absolute atomic E-state index is 11.6. The molecule has 0 aromatic heterocycles. The molecule has 0 aliphatic carbocycles. The molecule has 3 unspecified atom stereocenters. The topological polar surface area (TPSA) is 55.6 Å². The fourth-order valence-electron chi connectivity index (χ4n) is 2.60. The van der Waals surface area contributed by atoms with E-state index in [0.29, 0.717) is 25.2 Å². The second-order valence-electron chi connectivity index (χ2n) is 5.02. The van der Waals surface area contributed by atoms with Gasteiger partial charge in [-0.3, -0.25) is 9.69 Å². The third-order valence-corrected chi connectivity index (χ3v) is 3.64. The van der Waals surface area contributed by atoms with Crippen LogP contribution < -0.4 is 5.73 Å². The van der Waals surface area contributed by atoms with Crippen molar-refractivity contribution in [2.75, 3.05) is 19.7 Å². The van der Waals surface area contributed by atoms with Crippen LogP contribution in [0.4, 0.5) is 0 Å². The summed E-state index contributed by atoms with van der Waals surface area (Å²) in [5.41, 5.74) is 5.81. The highest BCUT2D eigenvalue weighted by Crippen LogP contribution is 2.23. The van der Waals surface area contributed by atoms with E-state index in [2.05, 4.69) is 11.8 Å². The van der Waals surface area contributed by atoms with E-state index >= 15 is 0 Å². The van der Waals surface area contributed by atoms with Gasteiger partial charge in [0, 0.05) is 25.2 Å². The van der Waals surface area contributed by atoms with E-state index in [0.717, 1.165) is 13.0 Å². The highest BCUT2D eigenvalue weighted by molar-refractivity contribution is 5.72. The van der Waals surface area contributed by atoms with Gasteiger partial charge in [0.2, 0.25) is 0 Å². The Hall–Kier alpha value is -0.610. The molecule has 1 aliphatic heterocycles. The first-order valence-corrected chi connectivity index (χ1v) is 6.72. The number of rotatable bonds is 5. The molecule has 1 aliphatic rings. The molecule has 0 aromatic carbocycles. The lowest BCUT2D eigenvalue weighted by Gasteiger charge is -2.41. The molecule has 1 fully saturated rings. The Labute approximate surface area is 104 Å². The fraction of sp³-hybridized carbons (Fsp3) is 0.923. The van der Waals surface area contributed by atoms with Gasteiger partial charge in [-0.15, -0.1) is 0 Å². The number of carbonyl (C=O) groups is 1. The van der Waals surface area contributed by atoms with E-state index in [1.165, 1.54) is 12.8 Å². The molecule has 0 amide bonds. The summed E-state index contributed by atoms with van der Waals surface area (Å²) in [6, 6.07) is 0.949. The highest BCUT2D eigenvalue weighted by atomic mass is 16.5. The fourth-order valence-corrected chi connectivity index (χ4v) is 2.60. The van der Waals surface area contributed by atoms with Crippen molar-refractivity contribution >= 4 is 5.97 Å². The van der Waals surface area contributed by atoms with Crippen LogP contribution in [0.15, 0.2) is 0 Å². The van der Waals surface area contributed by atoms with Crippen molar-refractivity contribution in [2.45, 2.75) is 52.1 Å². The number of carbonyl (C=O) groups excluding carboxylic acids is 1. The Kier molecular flexibility index (Phi) is 5.92. The van der Waals surface area contributed by atoms with E-state index < -0.39 is 0 Å². The summed E-state index contributed by atoms with van der Waals surface area (Å²) < 4.78 is 5.05. The van der Waals surface area contributed by atoms with Crippen LogP contribution in [0.2, 0.25) is 0 Å². The number of nitrogens with zero attached hydrogens (tertiary/aromatic N) is 1. The third-order valence-electron chi connectivity index (χ3n) is 3.64. The van der Waals surface area contributed by atoms with Gasteiger partial charge in [-0.25, -0.2) is 0 Å². The van der Waals surface area contributed by atoms with E-state index in [-0.39, 0.29) is 11.9 Å². The number of esters is 1. The monoisotopic (exact) mass is 242 g/mol. The minimum Gasteiger partial charge on any atom is -0.466 e. The SMILES string of the molecule is CCOC(=O)C(C)CN1C(C)CCCC1CN. The van der Waals surface area contributed by atoms with Gasteiger partial charge in [0.25, 0.3) is 0 Å². The minimum absolute atomic E-state index is 0.0652. The predicted octanol–water partition coefficient (Wildman–Crippen LogP) is 1.39. The van der Waals surface area contributed by atoms with Crippen molar-refractivity contribution in [3.8, 4) is 0 Å². The standard InChI is InChI=1S/C13H26N2O2/c1-4-17-13(16)10(2)9-15-11(3)6-5-7-12(15)8-14/h10-12H,4-9,14H2,1-3H3. The minimum atomic E-state index is -0.0963. The summed E-state index contributed by atoms with van der Waals surface area (Å²) in [6.45, 7) is 7.91. The first kappa shape index (κ1) is 14.5. The van der Waals surface area contributed by atoms with E-state index in [1.54, 1.807) is 0 Å². The van der Waals surface area contributed by atoms with Gasteiger partial charge in [0.1, 0.15) is 0 Å². The maximum Gasteiger partial charge on any atom is 0.309 e. The van der Waals surface area contributed by atoms with Crippen molar-refractivity contribution in [3.05, 3.63) is 0 Å². The van der Waals surface area contributed by atoms with Crippen molar-refractivity contribution in [1.82, 2.24) is 4.90 Å². The zero-order valence-electron chi connectivity index (χ0n) is 11.3. The van der Waals surface area contributed by atoms with Gasteiger partial charge in [-0.05, 0) is 26.7 Å². The molecule has 0 aromatic rings. The van der Waals surface area contributed by atoms with Gasteiger partial charge in [0.15, 0.2) is 0 Å². The molecule has 1 rings (SSSR count). The number of likely N-dealkylation sites (tertiary alicyclic amines) is 1. The van der Waals surface area contributed by atoms with Gasteiger partial charge >= 0.3 is 5.97 Å². The van der Waals surface area contributed by atoms with Crippen LogP contribution in [0.1, 0.15) is 40.0 Å². The van der Waals surface area contributed by atoms with Gasteiger partial charge in [-0.2, -0.15) is 0 Å². The predicted molar refractivity (Wildman–Crippen MR) is 68.7 cm³/mol. The normalized spacial score (nSPS) is 27.8. The summed E-state index contributed by atoms with van der Waals surface area (Å²) in [7, 11) is 0. The van der Waals surface area contributed by atoms with Crippen molar-refractivity contribution < 1.29 is 9.53 Å². The summed E-state index contributed by atoms with van der Waals surface area (Å²) in [5.74, 6) is -0.161. The van der Waals surface area contributed by atoms with Crippen LogP contribution in [-0.4, -0.2) is 42.6 Å². The Balaban J connectivity index is 2.54. The Morgan fingerprint density at radius 2 is 2.24 bits per heavy atom. The lowest BCUT2D eigenvalue weighted by Crippen LogP contribution is -2.51. The van der Waals surface area contributed by atoms with E-state index in [9.17, 15) is 4.79 Å². The number of hydrogen-bond donors (Lipinski definition) is 1. The summed E-state index contributed by atoms with van der Waals surface area (Å²) in [6.07, 6.45) is 3.59. The summed E-state index contributed by atoms with van der Waals surface area (Å²) >= 11 is 0. The van der Waals surface area contributed by atoms with E-state index in [4.69, 9.17) is 10.5 Å². The lowest BCUT2D eigenvalue weighted by atomic mass is 9.95. The van der Waals surface area contributed by atoms with Crippen LogP contribution in [-0.2, 0) is 9.53 Å². The Bertz CT molecular complexity index is 246. The number of hydrogen-bond acceptors (Lipinski definition) is 4. The largest absolute Gasteiger partial charge is 0.466 e. The molecule has 4 heteroatoms. The second-order valence-corrected chi connectivity index (χ2v) is 5.02. The van der Waals surface area contributed by atoms with Crippen molar-refractivity contribution in [3.63, 3.8) is 0 Å². The maximum atomic E-state index is 11.6. The molecule has 0 saturated carbocycles. The van der Waals surface area contributed by atoms with Crippen LogP contribution in [0.5, 0.6) is 0 Å². The summed E-state index contributed by atoms with van der Waals surface area (Å²) in [5, 5.41) is 0. The van der Waals surface area contributed by atoms with Gasteiger partial charge in [0.05, 0.1) is 12.5 Å². The smallest absolute Gasteiger partial charge is 0.309 e. The van der Waals surface area contributed by atoms with Gasteiger partial charge in [-0.1, -0.05) is 13.3 Å². The van der Waals surface area contributed by atoms with Crippen LogP contribution in [0.3, 0.4) is 0 Å². The van der Waals surface area contributed by atoms with Crippen LogP contribution in [0.25, 0.3) is 0 Å². The molecule has 0 bridgehead atoms. The molecular formula is C13H26N2O2. The molecule has 2 N–H and O–H groups in total. The van der Waals surface area contributed by atoms with Crippen molar-refractivity contribution in [1.29, 1.82) is 0 Å². The first-order chi connectivity index (χ1) is 8.10. The quantitative estimate of drug-likeness (QED) is 0.740. The van der Waals surface area contributed by atoms with Gasteiger partial charge < -0.3 is 10.5 Å². The Morgan fingerprint density at radius 1 is 1.53 bits per heavy atom. The molecule has 17 heavy (non-hydrogen) atoms. The average Bonchev–Trinajstić information content (AvgIpc) is 2.31.